The van der Waals surface area contributed by atoms with Gasteiger partial charge in [0, 0.05) is 14.1 Å². The molecule has 7 heavy (non-hydrogen) atoms. The monoisotopic (exact) mass is 191 g/mol. The number of carbonyl (C=O) groups excluding carboxylic acids is 1. The summed E-state index contributed by atoms with van der Waals surface area (Å²) < 4.78 is 0. The minimum absolute atomic E-state index is 0.750. The van der Waals surface area contributed by atoms with E-state index < -0.39 is 0 Å². The van der Waals surface area contributed by atoms with Gasteiger partial charge in [0.1, 0.15) is 0 Å². The average molecular weight is 192 g/mol. The number of rotatable bonds is 1. The molecule has 0 saturated carbocycles. The number of halogens is 1. The van der Waals surface area contributed by atoms with Crippen molar-refractivity contribution in [2.24, 2.45) is 0 Å². The first-order valence-electron chi connectivity index (χ1n) is 1.77. The first kappa shape index (κ1) is 11.4. The molecule has 0 bridgehead atoms. The van der Waals surface area contributed by atoms with E-state index >= 15 is 0 Å². The molecular formula is C3H7BrKNO. The number of amides is 1. The summed E-state index contributed by atoms with van der Waals surface area (Å²) in [5, 5.41) is 0. The molecule has 0 heterocycles. The van der Waals surface area contributed by atoms with Crippen LogP contribution in [0.4, 0.5) is 0 Å². The van der Waals surface area contributed by atoms with Crippen LogP contribution in [0.3, 0.4) is 0 Å². The van der Waals surface area contributed by atoms with E-state index in [9.17, 15) is 4.79 Å². The summed E-state index contributed by atoms with van der Waals surface area (Å²) in [6.45, 7) is 3.12. The third kappa shape index (κ3) is 18.4. The summed E-state index contributed by atoms with van der Waals surface area (Å²) in [6, 6.07) is 0. The molecule has 0 aliphatic carbocycles. The number of hydrogen-bond acceptors (Lipinski definition) is 1. The summed E-state index contributed by atoms with van der Waals surface area (Å²) in [4.78, 5) is 10.9. The van der Waals surface area contributed by atoms with Crippen LogP contribution in [0, 0.1) is 0 Å². The molecule has 2 nitrogen and oxygen atoms in total. The Morgan fingerprint density at radius 1 is 1.57 bits per heavy atom. The van der Waals surface area contributed by atoms with Crippen molar-refractivity contribution in [2.75, 3.05) is 14.1 Å². The van der Waals surface area contributed by atoms with E-state index in [1.807, 2.05) is 0 Å². The van der Waals surface area contributed by atoms with Crippen molar-refractivity contribution in [3.05, 3.63) is 0 Å². The summed E-state index contributed by atoms with van der Waals surface area (Å²) in [5.74, 6) is 0. The Hall–Kier alpha value is 1.59. The van der Waals surface area contributed by atoms with Gasteiger partial charge in [-0.1, -0.05) is 0 Å². The zero-order chi connectivity index (χ0) is 6.28. The van der Waals surface area contributed by atoms with E-state index in [4.69, 9.17) is 0 Å². The molecule has 0 aliphatic heterocycles. The quantitative estimate of drug-likeness (QED) is 0.428. The molecule has 0 N–H and O–H groups in total. The van der Waals surface area contributed by atoms with Gasteiger partial charge in [-0.15, -0.1) is 0 Å². The molecule has 0 rings (SSSR count). The Balaban J connectivity index is 0. The molecule has 0 radical (unpaired) electrons. The van der Waals surface area contributed by atoms with Crippen LogP contribution in [0.2, 0.25) is 0 Å². The second-order valence-electron chi connectivity index (χ2n) is 1.07. The molecule has 0 aromatic heterocycles. The van der Waals surface area contributed by atoms with Crippen molar-refractivity contribution in [1.29, 1.82) is 0 Å². The third-order valence-corrected chi connectivity index (χ3v) is 0.211. The van der Waals surface area contributed by atoms with Crippen LogP contribution in [-0.2, 0) is 4.79 Å². The summed E-state index contributed by atoms with van der Waals surface area (Å²) in [6.07, 6.45) is 0.750. The first-order chi connectivity index (χ1) is 3.27. The van der Waals surface area contributed by atoms with E-state index in [0.29, 0.717) is 0 Å². The molecule has 0 fully saturated rings. The van der Waals surface area contributed by atoms with Crippen molar-refractivity contribution in [2.45, 2.75) is 0 Å². The Kier molecular flexibility index (Phi) is 17.2. The van der Waals surface area contributed by atoms with Gasteiger partial charge in [-0.25, -0.2) is 0 Å². The molecule has 0 atom stereocenters. The predicted molar refractivity (Wildman–Crippen MR) is 34.4 cm³/mol. The van der Waals surface area contributed by atoms with Crippen molar-refractivity contribution in [3.8, 4) is 0 Å². The second-order valence-corrected chi connectivity index (χ2v) is 1.07. The van der Waals surface area contributed by atoms with E-state index in [1.165, 1.54) is 4.90 Å². The SMILES string of the molecule is CN(C)C=O.[K][Br]. The molecule has 4 heteroatoms. The van der Waals surface area contributed by atoms with E-state index in [-0.39, 0.29) is 0 Å². The topological polar surface area (TPSA) is 20.3 Å². The third-order valence-electron chi connectivity index (χ3n) is 0.211. The Morgan fingerprint density at radius 2 is 1.71 bits per heavy atom. The maximum absolute atomic E-state index is 9.43. The fraction of sp³-hybridized carbons (Fsp3) is 0.667. The van der Waals surface area contributed by atoms with Crippen molar-refractivity contribution in [1.82, 2.24) is 4.90 Å². The number of carbonyl (C=O) groups is 1. The standard InChI is InChI=1S/C3H7NO.BrH.K/c1-4(2)3-5;;/h3H,1-2H3;1H;/q;;+1/p-1. The van der Waals surface area contributed by atoms with Gasteiger partial charge in [0.05, 0.1) is 0 Å². The maximum atomic E-state index is 9.43. The van der Waals surface area contributed by atoms with E-state index in [2.05, 4.69) is 6.60 Å². The summed E-state index contributed by atoms with van der Waals surface area (Å²) in [5.41, 5.74) is 0. The van der Waals surface area contributed by atoms with E-state index in [1.54, 1.807) is 14.1 Å². The van der Waals surface area contributed by atoms with Gasteiger partial charge in [0.2, 0.25) is 6.41 Å². The van der Waals surface area contributed by atoms with Crippen LogP contribution in [-0.4, -0.2) is 70.8 Å². The van der Waals surface area contributed by atoms with E-state index in [0.717, 1.165) is 51.8 Å². The van der Waals surface area contributed by atoms with Crippen molar-refractivity contribution in [3.63, 3.8) is 0 Å². The number of hydrogen-bond donors (Lipinski definition) is 0. The van der Waals surface area contributed by atoms with Crippen LogP contribution in [0.15, 0.2) is 0 Å². The Labute approximate surface area is 80.5 Å². The fourth-order valence-corrected chi connectivity index (χ4v) is 0. The van der Waals surface area contributed by atoms with Gasteiger partial charge >= 0.3 is 52.0 Å². The van der Waals surface area contributed by atoms with Gasteiger partial charge in [0.25, 0.3) is 0 Å². The van der Waals surface area contributed by atoms with Gasteiger partial charge in [-0.2, -0.15) is 0 Å². The van der Waals surface area contributed by atoms with Crippen LogP contribution in [0.5, 0.6) is 0 Å². The van der Waals surface area contributed by atoms with Crippen molar-refractivity contribution < 1.29 is 4.79 Å². The van der Waals surface area contributed by atoms with Crippen LogP contribution >= 0.6 is 6.60 Å². The normalized spacial score (nSPS) is 5.86. The van der Waals surface area contributed by atoms with Crippen molar-refractivity contribution >= 4 is 58.4 Å². The molecule has 0 spiro atoms. The first-order valence-corrected chi connectivity index (χ1v) is 9.49. The molecule has 38 valence electrons. The second kappa shape index (κ2) is 10.5. The Morgan fingerprint density at radius 3 is 1.71 bits per heavy atom. The molecule has 0 aromatic rings. The molecule has 0 unspecified atom stereocenters. The number of nitrogens with zero attached hydrogens (tertiary/aromatic N) is 1. The van der Waals surface area contributed by atoms with Crippen LogP contribution in [0.1, 0.15) is 0 Å². The summed E-state index contributed by atoms with van der Waals surface area (Å²) >= 11 is 0.875. The van der Waals surface area contributed by atoms with Gasteiger partial charge in [0.15, 0.2) is 0 Å². The van der Waals surface area contributed by atoms with Crippen LogP contribution < -0.4 is 0 Å². The molecule has 0 aliphatic rings. The fourth-order valence-electron chi connectivity index (χ4n) is 0. The molecule has 1 amide bonds. The zero-order valence-electron chi connectivity index (χ0n) is 4.81. The Bertz CT molecular complexity index is 41.9. The van der Waals surface area contributed by atoms with Gasteiger partial charge < -0.3 is 4.90 Å². The molecular weight excluding hydrogens is 185 g/mol. The zero-order valence-corrected chi connectivity index (χ0v) is 9.52. The average Bonchev–Trinajstić information content (AvgIpc) is 1.73. The van der Waals surface area contributed by atoms with Gasteiger partial charge in [-0.3, -0.25) is 4.79 Å². The minimum atomic E-state index is 0.750. The molecule has 0 saturated heterocycles. The van der Waals surface area contributed by atoms with Crippen LogP contribution in [0.25, 0.3) is 0 Å². The predicted octanol–water partition coefficient (Wildman–Crippen LogP) is 0.169. The molecule has 0 aromatic carbocycles. The summed E-state index contributed by atoms with van der Waals surface area (Å²) in [7, 11) is 3.38. The van der Waals surface area contributed by atoms with Gasteiger partial charge in [-0.05, 0) is 0 Å².